The lowest BCUT2D eigenvalue weighted by Crippen LogP contribution is -2.30. The highest BCUT2D eigenvalue weighted by Crippen LogP contribution is 2.44. The summed E-state index contributed by atoms with van der Waals surface area (Å²) in [6.45, 7) is 11.1. The third kappa shape index (κ3) is 4.35. The maximum Gasteiger partial charge on any atom is 0.185 e. The van der Waals surface area contributed by atoms with E-state index in [0.29, 0.717) is 5.92 Å². The molecule has 2 aromatic carbocycles. The molecule has 2 aromatic rings. The van der Waals surface area contributed by atoms with Crippen molar-refractivity contribution in [2.45, 2.75) is 53.9 Å². The zero-order chi connectivity index (χ0) is 20.3. The normalized spacial score (nSPS) is 20.8. The van der Waals surface area contributed by atoms with Crippen molar-refractivity contribution in [3.05, 3.63) is 81.9 Å². The number of hydrogen-bond donors (Lipinski definition) is 0. The minimum absolute atomic E-state index is 0.205. The Morgan fingerprint density at radius 1 is 0.857 bits per heavy atom. The van der Waals surface area contributed by atoms with Crippen LogP contribution in [0.25, 0.3) is 12.2 Å². The van der Waals surface area contributed by atoms with Crippen LogP contribution in [0.4, 0.5) is 0 Å². The molecule has 28 heavy (non-hydrogen) atoms. The first-order chi connectivity index (χ1) is 13.3. The summed E-state index contributed by atoms with van der Waals surface area (Å²) in [5.41, 5.74) is 6.83. The molecule has 1 saturated carbocycles. The lowest BCUT2D eigenvalue weighted by molar-refractivity contribution is -0.113. The van der Waals surface area contributed by atoms with Crippen LogP contribution in [0.15, 0.2) is 59.7 Å². The number of carbonyl (C=O) groups excluding carboxylic acids is 1. The van der Waals surface area contributed by atoms with Gasteiger partial charge in [-0.3, -0.25) is 4.79 Å². The molecule has 1 aliphatic carbocycles. The summed E-state index contributed by atoms with van der Waals surface area (Å²) in [4.78, 5) is 13.4. The van der Waals surface area contributed by atoms with E-state index < -0.39 is 0 Å². The van der Waals surface area contributed by atoms with E-state index in [-0.39, 0.29) is 11.2 Å². The average molecular weight is 373 g/mol. The minimum atomic E-state index is 0.205. The van der Waals surface area contributed by atoms with Crippen molar-refractivity contribution in [2.75, 3.05) is 0 Å². The minimum Gasteiger partial charge on any atom is -0.289 e. The zero-order valence-electron chi connectivity index (χ0n) is 17.9. The van der Waals surface area contributed by atoms with Crippen LogP contribution in [0.3, 0.4) is 0 Å². The maximum absolute atomic E-state index is 13.4. The monoisotopic (exact) mass is 372 g/mol. The topological polar surface area (TPSA) is 17.1 Å². The summed E-state index contributed by atoms with van der Waals surface area (Å²) in [5, 5.41) is 0. The van der Waals surface area contributed by atoms with Gasteiger partial charge < -0.3 is 0 Å². The third-order valence-electron chi connectivity index (χ3n) is 6.57. The number of rotatable bonds is 4. The Morgan fingerprint density at radius 2 is 1.29 bits per heavy atom. The molecule has 1 unspecified atom stereocenters. The molecule has 0 amide bonds. The zero-order valence-corrected chi connectivity index (χ0v) is 17.9. The van der Waals surface area contributed by atoms with Crippen LogP contribution in [-0.2, 0) is 4.79 Å². The van der Waals surface area contributed by atoms with Crippen LogP contribution in [0.1, 0.15) is 62.3 Å². The van der Waals surface area contributed by atoms with Crippen LogP contribution < -0.4 is 0 Å². The molecular formula is C27H32O. The van der Waals surface area contributed by atoms with Crippen LogP contribution in [0.5, 0.6) is 0 Å². The molecule has 146 valence electrons. The highest BCUT2D eigenvalue weighted by molar-refractivity contribution is 6.14. The van der Waals surface area contributed by atoms with Crippen LogP contribution in [0, 0.1) is 25.2 Å². The maximum atomic E-state index is 13.4. The molecule has 3 rings (SSSR count). The number of Topliss-reactive ketones (excluding diaryl/α,β-unsaturated/α-hetero) is 1. The number of hydrogen-bond acceptors (Lipinski definition) is 1. The second-order valence-corrected chi connectivity index (χ2v) is 8.83. The molecule has 0 saturated heterocycles. The summed E-state index contributed by atoms with van der Waals surface area (Å²) in [6.07, 6.45) is 7.09. The Bertz CT molecular complexity index is 859. The summed E-state index contributed by atoms with van der Waals surface area (Å²) >= 11 is 0. The first-order valence-corrected chi connectivity index (χ1v) is 10.4. The van der Waals surface area contributed by atoms with Gasteiger partial charge in [0.1, 0.15) is 0 Å². The Hall–Kier alpha value is -2.41. The fraction of sp³-hybridized carbons (Fsp3) is 0.370. The van der Waals surface area contributed by atoms with Gasteiger partial charge in [0.15, 0.2) is 5.78 Å². The molecule has 1 atom stereocenters. The van der Waals surface area contributed by atoms with Gasteiger partial charge in [-0.05, 0) is 72.4 Å². The van der Waals surface area contributed by atoms with Gasteiger partial charge in [0.2, 0.25) is 0 Å². The van der Waals surface area contributed by atoms with Gasteiger partial charge in [0, 0.05) is 11.1 Å². The van der Waals surface area contributed by atoms with Crippen molar-refractivity contribution in [1.29, 1.82) is 0 Å². The molecule has 0 heterocycles. The van der Waals surface area contributed by atoms with Gasteiger partial charge in [-0.15, -0.1) is 0 Å². The Labute approximate surface area is 170 Å². The standard InChI is InChI=1S/C27H32O/c1-6-27(4,5)25-17-23(15-21-13-9-7-11-19(21)2)26(28)24(18-25)16-22-14-10-8-12-20(22)3/h7-16,25H,6,17-18H2,1-5H3/b23-15-,24-16+. The van der Waals surface area contributed by atoms with Gasteiger partial charge in [-0.2, -0.15) is 0 Å². The van der Waals surface area contributed by atoms with Crippen LogP contribution >= 0.6 is 0 Å². The SMILES string of the molecule is CCC(C)(C)C1C/C(=C/c2ccccc2C)C(=O)/C(=C/c2ccccc2C)C1. The lowest BCUT2D eigenvalue weighted by Gasteiger charge is -2.38. The Morgan fingerprint density at radius 3 is 1.68 bits per heavy atom. The van der Waals surface area contributed by atoms with Gasteiger partial charge in [-0.25, -0.2) is 0 Å². The van der Waals surface area contributed by atoms with E-state index in [4.69, 9.17) is 0 Å². The van der Waals surface area contributed by atoms with E-state index in [0.717, 1.165) is 41.5 Å². The highest BCUT2D eigenvalue weighted by Gasteiger charge is 2.36. The van der Waals surface area contributed by atoms with Crippen molar-refractivity contribution in [2.24, 2.45) is 11.3 Å². The molecule has 1 aliphatic rings. The summed E-state index contributed by atoms with van der Waals surface area (Å²) in [5.74, 6) is 0.690. The van der Waals surface area contributed by atoms with E-state index in [1.807, 2.05) is 24.3 Å². The summed E-state index contributed by atoms with van der Waals surface area (Å²) in [7, 11) is 0. The van der Waals surface area contributed by atoms with Crippen molar-refractivity contribution >= 4 is 17.9 Å². The molecular weight excluding hydrogens is 340 g/mol. The van der Waals surface area contributed by atoms with Gasteiger partial charge in [0.05, 0.1) is 0 Å². The summed E-state index contributed by atoms with van der Waals surface area (Å²) in [6, 6.07) is 16.6. The second-order valence-electron chi connectivity index (χ2n) is 8.83. The largest absolute Gasteiger partial charge is 0.289 e. The number of benzene rings is 2. The molecule has 0 spiro atoms. The molecule has 0 aliphatic heterocycles. The predicted octanol–water partition coefficient (Wildman–Crippen LogP) is 7.19. The van der Waals surface area contributed by atoms with E-state index in [1.54, 1.807) is 0 Å². The smallest absolute Gasteiger partial charge is 0.185 e. The van der Waals surface area contributed by atoms with Crippen molar-refractivity contribution in [1.82, 2.24) is 0 Å². The van der Waals surface area contributed by atoms with E-state index in [2.05, 4.69) is 71.0 Å². The van der Waals surface area contributed by atoms with Gasteiger partial charge in [0.25, 0.3) is 0 Å². The molecule has 0 radical (unpaired) electrons. The van der Waals surface area contributed by atoms with Gasteiger partial charge in [-0.1, -0.05) is 75.7 Å². The highest BCUT2D eigenvalue weighted by atomic mass is 16.1. The fourth-order valence-corrected chi connectivity index (χ4v) is 3.96. The molecule has 1 nitrogen and oxygen atoms in total. The number of carbonyl (C=O) groups is 1. The lowest BCUT2D eigenvalue weighted by atomic mass is 9.66. The number of aryl methyl sites for hydroxylation is 2. The average Bonchev–Trinajstić information content (AvgIpc) is 2.68. The number of ketones is 1. The van der Waals surface area contributed by atoms with E-state index >= 15 is 0 Å². The Kier molecular flexibility index (Phi) is 6.03. The molecule has 1 heteroatoms. The predicted molar refractivity (Wildman–Crippen MR) is 120 cm³/mol. The first-order valence-electron chi connectivity index (χ1n) is 10.4. The van der Waals surface area contributed by atoms with Crippen molar-refractivity contribution in [3.8, 4) is 0 Å². The Balaban J connectivity index is 2.06. The molecule has 1 fully saturated rings. The number of allylic oxidation sites excluding steroid dienone is 2. The van der Waals surface area contributed by atoms with Crippen LogP contribution in [0.2, 0.25) is 0 Å². The molecule has 0 aromatic heterocycles. The van der Waals surface area contributed by atoms with Crippen molar-refractivity contribution < 1.29 is 4.79 Å². The van der Waals surface area contributed by atoms with E-state index in [9.17, 15) is 4.79 Å². The molecule has 0 N–H and O–H groups in total. The van der Waals surface area contributed by atoms with E-state index in [1.165, 1.54) is 11.1 Å². The second kappa shape index (κ2) is 8.31. The quantitative estimate of drug-likeness (QED) is 0.519. The van der Waals surface area contributed by atoms with Crippen LogP contribution in [-0.4, -0.2) is 5.78 Å². The third-order valence-corrected chi connectivity index (χ3v) is 6.57. The first kappa shape index (κ1) is 20.3. The fourth-order valence-electron chi connectivity index (χ4n) is 3.96. The van der Waals surface area contributed by atoms with Crippen molar-refractivity contribution in [3.63, 3.8) is 0 Å². The molecule has 0 bridgehead atoms. The summed E-state index contributed by atoms with van der Waals surface area (Å²) < 4.78 is 0. The van der Waals surface area contributed by atoms with Gasteiger partial charge >= 0.3 is 0 Å².